The average molecular weight is 524 g/mol. The van der Waals surface area contributed by atoms with Crippen LogP contribution in [0.4, 0.5) is 5.69 Å². The van der Waals surface area contributed by atoms with Crippen molar-refractivity contribution in [3.05, 3.63) is 115 Å². The number of likely N-dealkylation sites (tertiary alicyclic amines) is 1. The van der Waals surface area contributed by atoms with Crippen LogP contribution in [0, 0.1) is 0 Å². The Morgan fingerprint density at radius 3 is 2.18 bits per heavy atom. The molecule has 1 saturated heterocycles. The van der Waals surface area contributed by atoms with Crippen LogP contribution in [-0.4, -0.2) is 40.5 Å². The van der Waals surface area contributed by atoms with Crippen LogP contribution in [0.25, 0.3) is 0 Å². The molecule has 0 bridgehead atoms. The monoisotopic (exact) mass is 523 g/mol. The third-order valence-corrected chi connectivity index (χ3v) is 7.56. The highest BCUT2D eigenvalue weighted by Crippen LogP contribution is 2.30. The van der Waals surface area contributed by atoms with E-state index >= 15 is 0 Å². The molecule has 38 heavy (non-hydrogen) atoms. The van der Waals surface area contributed by atoms with Crippen LogP contribution in [0.3, 0.4) is 0 Å². The van der Waals surface area contributed by atoms with E-state index < -0.39 is 0 Å². The van der Waals surface area contributed by atoms with Gasteiger partial charge in [-0.15, -0.1) is 11.8 Å². The summed E-state index contributed by atoms with van der Waals surface area (Å²) in [6.45, 7) is 1.44. The normalized spacial score (nSPS) is 13.6. The summed E-state index contributed by atoms with van der Waals surface area (Å²) in [5.74, 6) is 2.24. The van der Waals surface area contributed by atoms with E-state index in [1.54, 1.807) is 12.4 Å². The van der Waals surface area contributed by atoms with Gasteiger partial charge in [-0.05, 0) is 85.0 Å². The van der Waals surface area contributed by atoms with Crippen molar-refractivity contribution in [2.45, 2.75) is 23.7 Å². The topological polar surface area (TPSA) is 71.5 Å². The fourth-order valence-corrected chi connectivity index (χ4v) is 5.19. The number of benzene rings is 3. The minimum absolute atomic E-state index is 0.0361. The maximum Gasteiger partial charge on any atom is 0.253 e. The van der Waals surface area contributed by atoms with Crippen molar-refractivity contribution in [3.63, 3.8) is 0 Å². The number of pyridine rings is 1. The van der Waals surface area contributed by atoms with Crippen molar-refractivity contribution in [1.29, 1.82) is 0 Å². The van der Waals surface area contributed by atoms with Crippen LogP contribution in [-0.2, 0) is 4.79 Å². The Morgan fingerprint density at radius 2 is 1.50 bits per heavy atom. The second kappa shape index (κ2) is 12.4. The number of hydrogen-bond donors (Lipinski definition) is 1. The molecule has 0 spiro atoms. The zero-order valence-electron chi connectivity index (χ0n) is 21.0. The molecule has 0 aliphatic carbocycles. The van der Waals surface area contributed by atoms with Crippen LogP contribution < -0.4 is 10.1 Å². The van der Waals surface area contributed by atoms with Crippen LogP contribution in [0.2, 0.25) is 0 Å². The Kier molecular flexibility index (Phi) is 8.36. The van der Waals surface area contributed by atoms with Gasteiger partial charge < -0.3 is 15.0 Å². The predicted octanol–water partition coefficient (Wildman–Crippen LogP) is 6.62. The second-order valence-electron chi connectivity index (χ2n) is 9.15. The maximum atomic E-state index is 13.0. The first-order valence-corrected chi connectivity index (χ1v) is 13.7. The predicted molar refractivity (Wildman–Crippen MR) is 151 cm³/mol. The first kappa shape index (κ1) is 25.5. The number of carbonyl (C=O) groups excluding carboxylic acids is 2. The third kappa shape index (κ3) is 6.81. The van der Waals surface area contributed by atoms with Crippen molar-refractivity contribution >= 4 is 29.3 Å². The van der Waals surface area contributed by atoms with Crippen molar-refractivity contribution < 1.29 is 14.3 Å². The number of amides is 2. The van der Waals surface area contributed by atoms with Crippen molar-refractivity contribution in [3.8, 4) is 11.5 Å². The van der Waals surface area contributed by atoms with E-state index in [4.69, 9.17) is 4.74 Å². The lowest BCUT2D eigenvalue weighted by Gasteiger charge is -2.32. The summed E-state index contributed by atoms with van der Waals surface area (Å²) in [6, 6.07) is 28.8. The Balaban J connectivity index is 1.09. The van der Waals surface area contributed by atoms with E-state index in [0.29, 0.717) is 23.0 Å². The highest BCUT2D eigenvalue weighted by atomic mass is 32.2. The van der Waals surface area contributed by atoms with E-state index in [-0.39, 0.29) is 11.8 Å². The fourth-order valence-electron chi connectivity index (χ4n) is 4.51. The summed E-state index contributed by atoms with van der Waals surface area (Å²) in [4.78, 5) is 32.3. The number of carbonyl (C=O) groups is 2. The maximum absolute atomic E-state index is 13.0. The van der Waals surface area contributed by atoms with Gasteiger partial charge in [0.05, 0.1) is 5.75 Å². The van der Waals surface area contributed by atoms with Crippen LogP contribution in [0.5, 0.6) is 11.5 Å². The summed E-state index contributed by atoms with van der Waals surface area (Å²) in [6.07, 6.45) is 5.27. The van der Waals surface area contributed by atoms with E-state index in [1.807, 2.05) is 83.8 Å². The SMILES string of the molecule is O=C(CSc1ccncc1)Nc1ccc(C2CCN(C(=O)c3ccc(Oc4ccccc4)cc3)CC2)cc1. The molecule has 6 nitrogen and oxygen atoms in total. The van der Waals surface area contributed by atoms with Gasteiger partial charge in [-0.1, -0.05) is 30.3 Å². The fraction of sp³-hybridized carbons (Fsp3) is 0.194. The third-order valence-electron chi connectivity index (χ3n) is 6.55. The van der Waals surface area contributed by atoms with Gasteiger partial charge in [0.15, 0.2) is 0 Å². The van der Waals surface area contributed by atoms with Gasteiger partial charge in [-0.2, -0.15) is 0 Å². The Morgan fingerprint density at radius 1 is 0.842 bits per heavy atom. The number of para-hydroxylation sites is 1. The first-order valence-electron chi connectivity index (χ1n) is 12.7. The lowest BCUT2D eigenvalue weighted by Crippen LogP contribution is -2.37. The Labute approximate surface area is 227 Å². The summed E-state index contributed by atoms with van der Waals surface area (Å²) in [5, 5.41) is 2.96. The van der Waals surface area contributed by atoms with Gasteiger partial charge in [-0.3, -0.25) is 14.6 Å². The Hall–Kier alpha value is -4.10. The first-order chi connectivity index (χ1) is 18.6. The molecular formula is C31H29N3O3S. The van der Waals surface area contributed by atoms with E-state index in [1.165, 1.54) is 17.3 Å². The average Bonchev–Trinajstić information content (AvgIpc) is 2.98. The van der Waals surface area contributed by atoms with Gasteiger partial charge >= 0.3 is 0 Å². The number of hydrogen-bond acceptors (Lipinski definition) is 5. The summed E-state index contributed by atoms with van der Waals surface area (Å²) < 4.78 is 5.83. The molecular weight excluding hydrogens is 494 g/mol. The molecule has 4 aromatic rings. The standard InChI is InChI=1S/C31H29N3O3S/c35-30(22-38-29-14-18-32-19-15-29)33-26-10-6-23(7-11-26)24-16-20-34(21-17-24)31(36)25-8-12-28(13-9-25)37-27-4-2-1-3-5-27/h1-15,18-19,24H,16-17,20-22H2,(H,33,35). The number of anilines is 1. The minimum Gasteiger partial charge on any atom is -0.457 e. The molecule has 7 heteroatoms. The highest BCUT2D eigenvalue weighted by Gasteiger charge is 2.24. The van der Waals surface area contributed by atoms with Crippen LogP contribution in [0.1, 0.15) is 34.7 Å². The van der Waals surface area contributed by atoms with Gasteiger partial charge in [0, 0.05) is 41.6 Å². The number of nitrogens with zero attached hydrogens (tertiary/aromatic N) is 2. The minimum atomic E-state index is -0.0361. The lowest BCUT2D eigenvalue weighted by molar-refractivity contribution is -0.113. The van der Waals surface area contributed by atoms with E-state index in [0.717, 1.165) is 42.3 Å². The van der Waals surface area contributed by atoms with Crippen molar-refractivity contribution in [2.24, 2.45) is 0 Å². The van der Waals surface area contributed by atoms with Gasteiger partial charge in [0.25, 0.3) is 5.91 Å². The van der Waals surface area contributed by atoms with Gasteiger partial charge in [-0.25, -0.2) is 0 Å². The molecule has 0 saturated carbocycles. The van der Waals surface area contributed by atoms with Gasteiger partial charge in [0.2, 0.25) is 5.91 Å². The highest BCUT2D eigenvalue weighted by molar-refractivity contribution is 8.00. The number of thioether (sulfide) groups is 1. The number of ether oxygens (including phenoxy) is 1. The molecule has 1 aliphatic rings. The zero-order valence-corrected chi connectivity index (χ0v) is 21.8. The summed E-state index contributed by atoms with van der Waals surface area (Å²) in [7, 11) is 0. The van der Waals surface area contributed by atoms with Crippen molar-refractivity contribution in [1.82, 2.24) is 9.88 Å². The molecule has 2 heterocycles. The number of nitrogens with one attached hydrogen (secondary N) is 1. The van der Waals surface area contributed by atoms with E-state index in [9.17, 15) is 9.59 Å². The summed E-state index contributed by atoms with van der Waals surface area (Å²) >= 11 is 1.48. The van der Waals surface area contributed by atoms with Gasteiger partial charge in [0.1, 0.15) is 11.5 Å². The number of aromatic nitrogens is 1. The second-order valence-corrected chi connectivity index (χ2v) is 10.2. The quantitative estimate of drug-likeness (QED) is 0.263. The van der Waals surface area contributed by atoms with Crippen LogP contribution in [0.15, 0.2) is 108 Å². The summed E-state index contributed by atoms with van der Waals surface area (Å²) in [5.41, 5.74) is 2.70. The molecule has 1 fully saturated rings. The molecule has 0 atom stereocenters. The lowest BCUT2D eigenvalue weighted by atomic mass is 9.89. The smallest absolute Gasteiger partial charge is 0.253 e. The Bertz CT molecular complexity index is 1340. The molecule has 1 aliphatic heterocycles. The molecule has 192 valence electrons. The molecule has 1 N–H and O–H groups in total. The molecule has 0 unspecified atom stereocenters. The molecule has 5 rings (SSSR count). The van der Waals surface area contributed by atoms with Crippen LogP contribution >= 0.6 is 11.8 Å². The molecule has 3 aromatic carbocycles. The number of rotatable bonds is 8. The van der Waals surface area contributed by atoms with Crippen molar-refractivity contribution in [2.75, 3.05) is 24.2 Å². The largest absolute Gasteiger partial charge is 0.457 e. The zero-order chi connectivity index (χ0) is 26.2. The molecule has 2 amide bonds. The molecule has 0 radical (unpaired) electrons. The van der Waals surface area contributed by atoms with E-state index in [2.05, 4.69) is 22.4 Å². The molecule has 1 aromatic heterocycles. The number of piperidine rings is 1.